The number of halogens is 2. The summed E-state index contributed by atoms with van der Waals surface area (Å²) in [5.74, 6) is 0.891. The number of aromatic nitrogens is 1. The van der Waals surface area contributed by atoms with Crippen molar-refractivity contribution < 1.29 is 4.74 Å². The Morgan fingerprint density at radius 2 is 1.94 bits per heavy atom. The van der Waals surface area contributed by atoms with Crippen molar-refractivity contribution in [3.8, 4) is 11.6 Å². The van der Waals surface area contributed by atoms with Gasteiger partial charge in [0.15, 0.2) is 0 Å². The van der Waals surface area contributed by atoms with Gasteiger partial charge in [0, 0.05) is 5.02 Å². The van der Waals surface area contributed by atoms with E-state index >= 15 is 0 Å². The Kier molecular flexibility index (Phi) is 3.41. The lowest BCUT2D eigenvalue weighted by atomic mass is 10.2. The number of rotatable bonds is 2. The predicted octanol–water partition coefficient (Wildman–Crippen LogP) is 4.07. The van der Waals surface area contributed by atoms with E-state index in [1.165, 1.54) is 0 Å². The summed E-state index contributed by atoms with van der Waals surface area (Å²) < 4.78 is 5.60. The molecule has 2 N–H and O–H groups in total. The van der Waals surface area contributed by atoms with E-state index in [9.17, 15) is 0 Å². The van der Waals surface area contributed by atoms with Crippen molar-refractivity contribution in [3.63, 3.8) is 0 Å². The lowest BCUT2D eigenvalue weighted by molar-refractivity contribution is 0.462. The highest BCUT2D eigenvalue weighted by Gasteiger charge is 2.07. The maximum absolute atomic E-state index is 5.90. The highest BCUT2D eigenvalue weighted by molar-refractivity contribution is 6.30. The number of ether oxygens (including phenoxy) is 1. The summed E-state index contributed by atoms with van der Waals surface area (Å²) in [7, 11) is 0. The van der Waals surface area contributed by atoms with Gasteiger partial charge in [0.1, 0.15) is 10.9 Å². The Morgan fingerprint density at radius 1 is 1.18 bits per heavy atom. The summed E-state index contributed by atoms with van der Waals surface area (Å²) in [4.78, 5) is 4.01. The van der Waals surface area contributed by atoms with Gasteiger partial charge in [0.25, 0.3) is 0 Å². The largest absolute Gasteiger partial charge is 0.437 e. The van der Waals surface area contributed by atoms with Gasteiger partial charge in [-0.3, -0.25) is 0 Å². The molecule has 1 heterocycles. The van der Waals surface area contributed by atoms with E-state index in [4.69, 9.17) is 33.7 Å². The average Bonchev–Trinajstić information content (AvgIpc) is 2.28. The van der Waals surface area contributed by atoms with Crippen LogP contribution in [0.15, 0.2) is 30.3 Å². The molecule has 0 aliphatic rings. The fourth-order valence-electron chi connectivity index (χ4n) is 1.30. The van der Waals surface area contributed by atoms with Crippen molar-refractivity contribution in [1.29, 1.82) is 0 Å². The van der Waals surface area contributed by atoms with E-state index in [1.807, 2.05) is 13.0 Å². The zero-order valence-electron chi connectivity index (χ0n) is 9.08. The van der Waals surface area contributed by atoms with Crippen molar-refractivity contribution in [1.82, 2.24) is 4.98 Å². The van der Waals surface area contributed by atoms with Crippen LogP contribution >= 0.6 is 23.2 Å². The van der Waals surface area contributed by atoms with E-state index in [2.05, 4.69) is 4.98 Å². The van der Waals surface area contributed by atoms with Gasteiger partial charge in [-0.1, -0.05) is 29.3 Å². The fourth-order valence-corrected chi connectivity index (χ4v) is 1.60. The molecule has 0 amide bonds. The number of hydrogen-bond donors (Lipinski definition) is 1. The smallest absolute Gasteiger partial charge is 0.244 e. The number of nitrogens with two attached hydrogens (primary N) is 1. The number of benzene rings is 1. The first-order valence-corrected chi connectivity index (χ1v) is 5.68. The molecule has 5 heteroatoms. The Bertz CT molecular complexity index is 509. The first kappa shape index (κ1) is 12.0. The number of anilines is 1. The predicted molar refractivity (Wildman–Crippen MR) is 69.9 cm³/mol. The molecule has 1 aromatic heterocycles. The quantitative estimate of drug-likeness (QED) is 0.836. The van der Waals surface area contributed by atoms with E-state index < -0.39 is 0 Å². The topological polar surface area (TPSA) is 48.1 Å². The van der Waals surface area contributed by atoms with Gasteiger partial charge < -0.3 is 10.5 Å². The fraction of sp³-hybridized carbons (Fsp3) is 0.0833. The maximum Gasteiger partial charge on any atom is 0.244 e. The minimum atomic E-state index is 0.280. The van der Waals surface area contributed by atoms with Crippen LogP contribution in [0.5, 0.6) is 11.6 Å². The minimum Gasteiger partial charge on any atom is -0.437 e. The summed E-state index contributed by atoms with van der Waals surface area (Å²) >= 11 is 11.7. The zero-order valence-corrected chi connectivity index (χ0v) is 10.6. The molecule has 0 unspecified atom stereocenters. The first-order chi connectivity index (χ1) is 8.06. The molecule has 0 aliphatic carbocycles. The van der Waals surface area contributed by atoms with Crippen molar-refractivity contribution in [2.24, 2.45) is 0 Å². The van der Waals surface area contributed by atoms with Crippen LogP contribution < -0.4 is 10.5 Å². The van der Waals surface area contributed by atoms with E-state index in [1.54, 1.807) is 24.3 Å². The van der Waals surface area contributed by atoms with Gasteiger partial charge >= 0.3 is 0 Å². The monoisotopic (exact) mass is 268 g/mol. The van der Waals surface area contributed by atoms with Gasteiger partial charge in [0.2, 0.25) is 5.88 Å². The van der Waals surface area contributed by atoms with Crippen molar-refractivity contribution >= 4 is 28.9 Å². The van der Waals surface area contributed by atoms with Gasteiger partial charge in [0.05, 0.1) is 5.69 Å². The summed E-state index contributed by atoms with van der Waals surface area (Å²) in [5, 5.41) is 0.917. The lowest BCUT2D eigenvalue weighted by Crippen LogP contribution is -1.96. The number of pyridine rings is 1. The molecule has 1 aromatic carbocycles. The van der Waals surface area contributed by atoms with Gasteiger partial charge in [-0.2, -0.15) is 4.98 Å². The van der Waals surface area contributed by atoms with Gasteiger partial charge in [-0.15, -0.1) is 0 Å². The minimum absolute atomic E-state index is 0.280. The molecule has 2 aromatic rings. The number of nitrogen functional groups attached to an aromatic ring is 1. The number of hydrogen-bond acceptors (Lipinski definition) is 3. The van der Waals surface area contributed by atoms with Crippen molar-refractivity contribution in [2.75, 3.05) is 5.73 Å². The van der Waals surface area contributed by atoms with E-state index in [-0.39, 0.29) is 5.88 Å². The molecule has 0 aliphatic heterocycles. The van der Waals surface area contributed by atoms with Crippen LogP contribution in [0.25, 0.3) is 0 Å². The Hall–Kier alpha value is -1.45. The summed E-state index contributed by atoms with van der Waals surface area (Å²) in [6, 6.07) is 8.61. The molecule has 0 radical (unpaired) electrons. The van der Waals surface area contributed by atoms with Crippen LogP contribution in [-0.4, -0.2) is 4.98 Å². The molecule has 88 valence electrons. The van der Waals surface area contributed by atoms with Crippen molar-refractivity contribution in [3.05, 3.63) is 46.1 Å². The molecule has 2 rings (SSSR count). The van der Waals surface area contributed by atoms with Crippen LogP contribution in [0.1, 0.15) is 5.56 Å². The molecule has 0 saturated heterocycles. The third-order valence-electron chi connectivity index (χ3n) is 2.21. The lowest BCUT2D eigenvalue weighted by Gasteiger charge is -2.10. The molecule has 0 spiro atoms. The maximum atomic E-state index is 5.90. The molecular weight excluding hydrogens is 259 g/mol. The summed E-state index contributed by atoms with van der Waals surface area (Å²) in [6.07, 6.45) is 0. The van der Waals surface area contributed by atoms with Gasteiger partial charge in [-0.05, 0) is 36.8 Å². The van der Waals surface area contributed by atoms with Crippen LogP contribution in [-0.2, 0) is 0 Å². The van der Waals surface area contributed by atoms with Crippen LogP contribution in [0.4, 0.5) is 5.69 Å². The standard InChI is InChI=1S/C12H10Cl2N2O/c1-7-2-3-8(13)6-10(7)17-12-9(15)4-5-11(14)16-12/h2-6H,15H2,1H3. The molecule has 0 atom stereocenters. The van der Waals surface area contributed by atoms with Crippen LogP contribution in [0.3, 0.4) is 0 Å². The molecule has 0 fully saturated rings. The Balaban J connectivity index is 2.37. The second kappa shape index (κ2) is 4.82. The summed E-state index contributed by atoms with van der Waals surface area (Å²) in [6.45, 7) is 1.91. The highest BCUT2D eigenvalue weighted by Crippen LogP contribution is 2.30. The average molecular weight is 269 g/mol. The zero-order chi connectivity index (χ0) is 12.4. The summed E-state index contributed by atoms with van der Waals surface area (Å²) in [5.41, 5.74) is 7.11. The Labute approximate surface area is 109 Å². The molecule has 3 nitrogen and oxygen atoms in total. The van der Waals surface area contributed by atoms with Gasteiger partial charge in [-0.25, -0.2) is 0 Å². The second-order valence-corrected chi connectivity index (χ2v) is 4.36. The molecule has 17 heavy (non-hydrogen) atoms. The van der Waals surface area contributed by atoms with Crippen molar-refractivity contribution in [2.45, 2.75) is 6.92 Å². The third-order valence-corrected chi connectivity index (χ3v) is 2.66. The molecular formula is C12H10Cl2N2O. The normalized spacial score (nSPS) is 10.3. The highest BCUT2D eigenvalue weighted by atomic mass is 35.5. The third kappa shape index (κ3) is 2.81. The molecule has 0 saturated carbocycles. The first-order valence-electron chi connectivity index (χ1n) is 4.92. The van der Waals surface area contributed by atoms with Crippen LogP contribution in [0, 0.1) is 6.92 Å². The van der Waals surface area contributed by atoms with Crippen LogP contribution in [0.2, 0.25) is 10.2 Å². The molecule has 0 bridgehead atoms. The second-order valence-electron chi connectivity index (χ2n) is 3.54. The number of nitrogens with zero attached hydrogens (tertiary/aromatic N) is 1. The SMILES string of the molecule is Cc1ccc(Cl)cc1Oc1nc(Cl)ccc1N. The van der Waals surface area contributed by atoms with E-state index in [0.717, 1.165) is 5.56 Å². The Morgan fingerprint density at radius 3 is 2.71 bits per heavy atom. The number of aryl methyl sites for hydroxylation is 1. The van der Waals surface area contributed by atoms with E-state index in [0.29, 0.717) is 21.6 Å².